The monoisotopic (exact) mass is 265 g/mol. The molecule has 1 aliphatic rings. The van der Waals surface area contributed by atoms with Gasteiger partial charge in [-0.05, 0) is 38.0 Å². The summed E-state index contributed by atoms with van der Waals surface area (Å²) in [4.78, 5) is 23.6. The van der Waals surface area contributed by atoms with Crippen LogP contribution in [0.5, 0.6) is 0 Å². The summed E-state index contributed by atoms with van der Waals surface area (Å²) >= 11 is 0. The van der Waals surface area contributed by atoms with E-state index < -0.39 is 17.8 Å². The second kappa shape index (κ2) is 5.26. The van der Waals surface area contributed by atoms with E-state index in [9.17, 15) is 14.0 Å². The van der Waals surface area contributed by atoms with E-state index in [-0.39, 0.29) is 23.2 Å². The molecule has 0 radical (unpaired) electrons. The Bertz CT molecular complexity index is 515. The number of halogens is 1. The van der Waals surface area contributed by atoms with Crippen molar-refractivity contribution in [3.8, 4) is 0 Å². The highest BCUT2D eigenvalue weighted by atomic mass is 19.1. The van der Waals surface area contributed by atoms with Gasteiger partial charge in [-0.25, -0.2) is 4.39 Å². The van der Waals surface area contributed by atoms with E-state index in [4.69, 9.17) is 5.73 Å². The van der Waals surface area contributed by atoms with Crippen molar-refractivity contribution in [3.05, 3.63) is 29.6 Å². The SMILES string of the molecule is CC(NC(=O)c1cc(F)ccc1N)C(=O)NC1CC1. The lowest BCUT2D eigenvalue weighted by molar-refractivity contribution is -0.122. The minimum Gasteiger partial charge on any atom is -0.398 e. The van der Waals surface area contributed by atoms with Gasteiger partial charge in [0.15, 0.2) is 0 Å². The first-order valence-electron chi connectivity index (χ1n) is 6.13. The predicted molar refractivity (Wildman–Crippen MR) is 68.9 cm³/mol. The molecular formula is C13H16FN3O2. The first-order valence-corrected chi connectivity index (χ1v) is 6.13. The molecule has 4 N–H and O–H groups in total. The summed E-state index contributed by atoms with van der Waals surface area (Å²) in [6.07, 6.45) is 1.95. The van der Waals surface area contributed by atoms with Crippen LogP contribution < -0.4 is 16.4 Å². The highest BCUT2D eigenvalue weighted by Crippen LogP contribution is 2.18. The molecule has 0 aromatic heterocycles. The van der Waals surface area contributed by atoms with Crippen LogP contribution in [0.1, 0.15) is 30.1 Å². The molecule has 0 saturated heterocycles. The molecule has 1 aromatic carbocycles. The lowest BCUT2D eigenvalue weighted by Crippen LogP contribution is -2.45. The standard InChI is InChI=1S/C13H16FN3O2/c1-7(12(18)17-9-3-4-9)16-13(19)10-6-8(14)2-5-11(10)15/h2,5-7,9H,3-4,15H2,1H3,(H,16,19)(H,17,18). The number of amides is 2. The topological polar surface area (TPSA) is 84.2 Å². The van der Waals surface area contributed by atoms with Gasteiger partial charge in [-0.15, -0.1) is 0 Å². The number of nitrogen functional groups attached to an aromatic ring is 1. The van der Waals surface area contributed by atoms with Crippen LogP contribution >= 0.6 is 0 Å². The molecule has 5 nitrogen and oxygen atoms in total. The Morgan fingerprint density at radius 3 is 2.74 bits per heavy atom. The van der Waals surface area contributed by atoms with Crippen LogP contribution in [0.2, 0.25) is 0 Å². The summed E-state index contributed by atoms with van der Waals surface area (Å²) in [7, 11) is 0. The molecule has 1 unspecified atom stereocenters. The fraction of sp³-hybridized carbons (Fsp3) is 0.385. The largest absolute Gasteiger partial charge is 0.398 e. The van der Waals surface area contributed by atoms with Crippen LogP contribution in [-0.4, -0.2) is 23.9 Å². The lowest BCUT2D eigenvalue weighted by atomic mass is 10.1. The van der Waals surface area contributed by atoms with Crippen LogP contribution in [0, 0.1) is 5.82 Å². The number of anilines is 1. The Balaban J connectivity index is 1.99. The number of hydrogen-bond donors (Lipinski definition) is 3. The zero-order valence-corrected chi connectivity index (χ0v) is 10.6. The Kier molecular flexibility index (Phi) is 3.69. The fourth-order valence-electron chi connectivity index (χ4n) is 1.62. The summed E-state index contributed by atoms with van der Waals surface area (Å²) in [6.45, 7) is 1.57. The minimum atomic E-state index is -0.684. The number of benzene rings is 1. The van der Waals surface area contributed by atoms with Crippen LogP contribution in [0.15, 0.2) is 18.2 Å². The van der Waals surface area contributed by atoms with E-state index in [0.717, 1.165) is 18.9 Å². The quantitative estimate of drug-likeness (QED) is 0.704. The lowest BCUT2D eigenvalue weighted by Gasteiger charge is -2.14. The van der Waals surface area contributed by atoms with Gasteiger partial charge < -0.3 is 16.4 Å². The smallest absolute Gasteiger partial charge is 0.254 e. The summed E-state index contributed by atoms with van der Waals surface area (Å²) in [5.74, 6) is -1.35. The van der Waals surface area contributed by atoms with Gasteiger partial charge in [-0.2, -0.15) is 0 Å². The molecule has 2 amide bonds. The molecule has 1 aromatic rings. The molecule has 0 spiro atoms. The van der Waals surface area contributed by atoms with Crippen LogP contribution in [0.25, 0.3) is 0 Å². The van der Waals surface area contributed by atoms with E-state index >= 15 is 0 Å². The van der Waals surface area contributed by atoms with Crippen LogP contribution in [0.3, 0.4) is 0 Å². The number of rotatable bonds is 4. The molecule has 0 aliphatic heterocycles. The molecule has 102 valence electrons. The summed E-state index contributed by atoms with van der Waals surface area (Å²) in [6, 6.07) is 3.09. The number of carbonyl (C=O) groups is 2. The molecule has 1 aliphatic carbocycles. The van der Waals surface area contributed by atoms with Gasteiger partial charge in [0.1, 0.15) is 11.9 Å². The molecule has 1 atom stereocenters. The van der Waals surface area contributed by atoms with E-state index in [0.29, 0.717) is 0 Å². The van der Waals surface area contributed by atoms with E-state index in [1.165, 1.54) is 12.1 Å². The van der Waals surface area contributed by atoms with Gasteiger partial charge in [0.25, 0.3) is 5.91 Å². The van der Waals surface area contributed by atoms with Crippen LogP contribution in [0.4, 0.5) is 10.1 Å². The first kappa shape index (κ1) is 13.3. The van der Waals surface area contributed by atoms with Crippen molar-refractivity contribution >= 4 is 17.5 Å². The van der Waals surface area contributed by atoms with Crippen molar-refractivity contribution in [2.24, 2.45) is 0 Å². The molecule has 6 heteroatoms. The minimum absolute atomic E-state index is 0.0334. The Morgan fingerprint density at radius 1 is 1.42 bits per heavy atom. The number of nitrogens with one attached hydrogen (secondary N) is 2. The maximum Gasteiger partial charge on any atom is 0.254 e. The maximum absolute atomic E-state index is 13.1. The van der Waals surface area contributed by atoms with E-state index in [2.05, 4.69) is 10.6 Å². The number of nitrogens with two attached hydrogens (primary N) is 1. The Labute approximate surface area is 110 Å². The third kappa shape index (κ3) is 3.43. The first-order chi connectivity index (χ1) is 8.97. The van der Waals surface area contributed by atoms with Crippen LogP contribution in [-0.2, 0) is 4.79 Å². The highest BCUT2D eigenvalue weighted by molar-refractivity contribution is 6.01. The molecule has 2 rings (SSSR count). The highest BCUT2D eigenvalue weighted by Gasteiger charge is 2.26. The molecule has 1 fully saturated rings. The van der Waals surface area contributed by atoms with Gasteiger partial charge in [-0.3, -0.25) is 9.59 Å². The van der Waals surface area contributed by atoms with Gasteiger partial charge in [0.2, 0.25) is 5.91 Å². The van der Waals surface area contributed by atoms with Crippen molar-refractivity contribution in [1.29, 1.82) is 0 Å². The van der Waals surface area contributed by atoms with E-state index in [1.54, 1.807) is 6.92 Å². The fourth-order valence-corrected chi connectivity index (χ4v) is 1.62. The molecule has 0 heterocycles. The van der Waals surface area contributed by atoms with Crippen molar-refractivity contribution in [2.75, 3.05) is 5.73 Å². The van der Waals surface area contributed by atoms with Crippen molar-refractivity contribution < 1.29 is 14.0 Å². The Morgan fingerprint density at radius 2 is 2.11 bits per heavy atom. The summed E-state index contributed by atoms with van der Waals surface area (Å²) in [5, 5.41) is 5.28. The number of carbonyl (C=O) groups excluding carboxylic acids is 2. The van der Waals surface area contributed by atoms with Crippen molar-refractivity contribution in [2.45, 2.75) is 31.8 Å². The predicted octanol–water partition coefficient (Wildman–Crippen LogP) is 0.805. The van der Waals surface area contributed by atoms with E-state index in [1.807, 2.05) is 0 Å². The average Bonchev–Trinajstić information content (AvgIpc) is 3.15. The second-order valence-electron chi connectivity index (χ2n) is 4.71. The molecule has 1 saturated carbocycles. The maximum atomic E-state index is 13.1. The van der Waals surface area contributed by atoms with Crippen molar-refractivity contribution in [1.82, 2.24) is 10.6 Å². The average molecular weight is 265 g/mol. The van der Waals surface area contributed by atoms with Gasteiger partial charge in [-0.1, -0.05) is 0 Å². The van der Waals surface area contributed by atoms with Gasteiger partial charge >= 0.3 is 0 Å². The second-order valence-corrected chi connectivity index (χ2v) is 4.71. The van der Waals surface area contributed by atoms with Gasteiger partial charge in [0.05, 0.1) is 5.56 Å². The van der Waals surface area contributed by atoms with Crippen molar-refractivity contribution in [3.63, 3.8) is 0 Å². The third-order valence-electron chi connectivity index (χ3n) is 2.92. The van der Waals surface area contributed by atoms with Gasteiger partial charge in [0, 0.05) is 11.7 Å². The molecular weight excluding hydrogens is 249 g/mol. The molecule has 0 bridgehead atoms. The summed E-state index contributed by atoms with van der Waals surface area (Å²) in [5.41, 5.74) is 5.81. The molecule has 19 heavy (non-hydrogen) atoms. The number of hydrogen-bond acceptors (Lipinski definition) is 3. The third-order valence-corrected chi connectivity index (χ3v) is 2.92. The Hall–Kier alpha value is -2.11. The zero-order chi connectivity index (χ0) is 14.0. The normalized spacial score (nSPS) is 15.7. The zero-order valence-electron chi connectivity index (χ0n) is 10.6. The summed E-state index contributed by atoms with van der Waals surface area (Å²) < 4.78 is 13.1.